The molecule has 0 aromatic heterocycles. The molecular formula is C19H24F10O4. The molecule has 2 aliphatic rings. The van der Waals surface area contributed by atoms with Gasteiger partial charge in [0.2, 0.25) is 11.7 Å². The topological polar surface area (TPSA) is 55.8 Å². The van der Waals surface area contributed by atoms with Crippen LogP contribution in [0.5, 0.6) is 0 Å². The number of alkyl halides is 10. The van der Waals surface area contributed by atoms with Crippen molar-refractivity contribution in [2.24, 2.45) is 11.3 Å². The SMILES string of the molecule is CCC(C)(C)C(=O)OC1(C2CCCCC2)C(F)(F)C(C(F)(F)F)OC(O)(C(F)(F)F)C1(F)F. The minimum absolute atomic E-state index is 0.102. The maximum Gasteiger partial charge on any atom is 0.449 e. The van der Waals surface area contributed by atoms with E-state index in [1.807, 2.05) is 0 Å². The van der Waals surface area contributed by atoms with Crippen molar-refractivity contribution in [3.05, 3.63) is 0 Å². The molecule has 1 heterocycles. The molecule has 0 spiro atoms. The number of carbonyl (C=O) groups excluding carboxylic acids is 1. The summed E-state index contributed by atoms with van der Waals surface area (Å²) >= 11 is 0. The van der Waals surface area contributed by atoms with Crippen LogP contribution < -0.4 is 0 Å². The monoisotopic (exact) mass is 506 g/mol. The lowest BCUT2D eigenvalue weighted by atomic mass is 9.65. The van der Waals surface area contributed by atoms with E-state index in [-0.39, 0.29) is 25.7 Å². The van der Waals surface area contributed by atoms with E-state index in [4.69, 9.17) is 0 Å². The van der Waals surface area contributed by atoms with E-state index in [1.165, 1.54) is 6.92 Å². The fourth-order valence-electron chi connectivity index (χ4n) is 4.17. The van der Waals surface area contributed by atoms with Crippen LogP contribution in [0.2, 0.25) is 0 Å². The Morgan fingerprint density at radius 2 is 1.48 bits per heavy atom. The first-order valence-corrected chi connectivity index (χ1v) is 10.2. The third-order valence-electron chi connectivity index (χ3n) is 6.56. The second-order valence-corrected chi connectivity index (χ2v) is 9.08. The highest BCUT2D eigenvalue weighted by molar-refractivity contribution is 5.76. The molecule has 1 saturated carbocycles. The molecule has 3 atom stereocenters. The number of esters is 1. The van der Waals surface area contributed by atoms with Crippen molar-refractivity contribution in [1.82, 2.24) is 0 Å². The lowest BCUT2D eigenvalue weighted by molar-refractivity contribution is -0.538. The average molecular weight is 506 g/mol. The number of hydrogen-bond acceptors (Lipinski definition) is 4. The highest BCUT2D eigenvalue weighted by atomic mass is 19.4. The minimum atomic E-state index is -6.66. The van der Waals surface area contributed by atoms with E-state index in [0.29, 0.717) is 0 Å². The third-order valence-corrected chi connectivity index (χ3v) is 6.56. The molecule has 4 nitrogen and oxygen atoms in total. The molecule has 0 aromatic carbocycles. The molecule has 1 aliphatic carbocycles. The van der Waals surface area contributed by atoms with Crippen LogP contribution in [-0.2, 0) is 14.3 Å². The van der Waals surface area contributed by atoms with Crippen molar-refractivity contribution in [2.45, 2.75) is 101 Å². The average Bonchev–Trinajstić information content (AvgIpc) is 2.67. The van der Waals surface area contributed by atoms with Crippen LogP contribution in [0.15, 0.2) is 0 Å². The Hall–Kier alpha value is -1.31. The van der Waals surface area contributed by atoms with E-state index in [2.05, 4.69) is 9.47 Å². The molecule has 1 aliphatic heterocycles. The Morgan fingerprint density at radius 1 is 1.00 bits per heavy atom. The first kappa shape index (κ1) is 27.9. The summed E-state index contributed by atoms with van der Waals surface area (Å²) in [5, 5.41) is 9.82. The summed E-state index contributed by atoms with van der Waals surface area (Å²) in [7, 11) is 0. The Balaban J connectivity index is 2.94. The van der Waals surface area contributed by atoms with Crippen molar-refractivity contribution < 1.29 is 63.3 Å². The molecule has 194 valence electrons. The molecule has 0 radical (unpaired) electrons. The van der Waals surface area contributed by atoms with E-state index >= 15 is 17.6 Å². The highest BCUT2D eigenvalue weighted by Gasteiger charge is 2.93. The largest absolute Gasteiger partial charge is 0.449 e. The Labute approximate surface area is 182 Å². The van der Waals surface area contributed by atoms with Gasteiger partial charge in [0.1, 0.15) is 0 Å². The molecule has 1 saturated heterocycles. The van der Waals surface area contributed by atoms with Gasteiger partial charge in [-0.1, -0.05) is 26.2 Å². The Morgan fingerprint density at radius 3 is 1.88 bits per heavy atom. The van der Waals surface area contributed by atoms with Gasteiger partial charge in [-0.3, -0.25) is 4.79 Å². The second-order valence-electron chi connectivity index (χ2n) is 9.08. The van der Waals surface area contributed by atoms with E-state index in [1.54, 1.807) is 0 Å². The number of rotatable bonds is 4. The Bertz CT molecular complexity index is 742. The predicted molar refractivity (Wildman–Crippen MR) is 91.3 cm³/mol. The third kappa shape index (κ3) is 3.98. The number of ether oxygens (including phenoxy) is 2. The molecule has 0 aromatic rings. The van der Waals surface area contributed by atoms with Crippen molar-refractivity contribution in [1.29, 1.82) is 0 Å². The molecule has 2 fully saturated rings. The zero-order valence-electron chi connectivity index (χ0n) is 17.8. The summed E-state index contributed by atoms with van der Waals surface area (Å²) in [5.41, 5.74) is -6.82. The van der Waals surface area contributed by atoms with Crippen LogP contribution in [-0.4, -0.2) is 52.8 Å². The molecule has 1 N–H and O–H groups in total. The summed E-state index contributed by atoms with van der Waals surface area (Å²) in [5.74, 6) is -22.3. The van der Waals surface area contributed by atoms with Gasteiger partial charge in [-0.05, 0) is 33.1 Å². The normalized spacial score (nSPS) is 33.6. The lowest BCUT2D eigenvalue weighted by Crippen LogP contribution is -2.85. The summed E-state index contributed by atoms with van der Waals surface area (Å²) in [4.78, 5) is 12.6. The van der Waals surface area contributed by atoms with Crippen molar-refractivity contribution in [2.75, 3.05) is 0 Å². The van der Waals surface area contributed by atoms with Crippen LogP contribution in [0.1, 0.15) is 59.3 Å². The standard InChI is InChI=1S/C19H24F10O4/c1-4-13(2,3)12(30)33-14(10-8-6-5-7-9-10)15(20,21)11(16(22,23)24)32-18(31,17(14,25)26)19(27,28)29/h10-11,31H,4-9H2,1-3H3. The van der Waals surface area contributed by atoms with Crippen LogP contribution in [0.4, 0.5) is 43.9 Å². The number of hydrogen-bond donors (Lipinski definition) is 1. The zero-order chi connectivity index (χ0) is 25.9. The summed E-state index contributed by atoms with van der Waals surface area (Å²) in [6, 6.07) is 0. The van der Waals surface area contributed by atoms with Crippen molar-refractivity contribution >= 4 is 5.97 Å². The number of aliphatic hydroxyl groups is 1. The molecule has 0 bridgehead atoms. The molecule has 0 amide bonds. The van der Waals surface area contributed by atoms with Crippen LogP contribution in [0.3, 0.4) is 0 Å². The zero-order valence-corrected chi connectivity index (χ0v) is 17.8. The van der Waals surface area contributed by atoms with Crippen LogP contribution in [0, 0.1) is 11.3 Å². The van der Waals surface area contributed by atoms with Crippen LogP contribution >= 0.6 is 0 Å². The maximum atomic E-state index is 15.5. The second kappa shape index (κ2) is 8.13. The van der Waals surface area contributed by atoms with Gasteiger partial charge in [-0.15, -0.1) is 0 Å². The molecular weight excluding hydrogens is 482 g/mol. The van der Waals surface area contributed by atoms with E-state index < -0.39 is 71.8 Å². The van der Waals surface area contributed by atoms with Gasteiger partial charge < -0.3 is 14.6 Å². The van der Waals surface area contributed by atoms with Gasteiger partial charge in [0, 0.05) is 5.92 Å². The minimum Gasteiger partial charge on any atom is -0.445 e. The van der Waals surface area contributed by atoms with Gasteiger partial charge in [0.15, 0.2) is 0 Å². The fraction of sp³-hybridized carbons (Fsp3) is 0.947. The van der Waals surface area contributed by atoms with Gasteiger partial charge in [-0.2, -0.15) is 43.9 Å². The fourth-order valence-corrected chi connectivity index (χ4v) is 4.17. The lowest BCUT2D eigenvalue weighted by Gasteiger charge is -2.59. The summed E-state index contributed by atoms with van der Waals surface area (Å²) in [6.45, 7) is 3.38. The van der Waals surface area contributed by atoms with Crippen molar-refractivity contribution in [3.8, 4) is 0 Å². The predicted octanol–water partition coefficient (Wildman–Crippen LogP) is 5.77. The smallest absolute Gasteiger partial charge is 0.445 e. The van der Waals surface area contributed by atoms with Gasteiger partial charge in [0.05, 0.1) is 5.41 Å². The number of carbonyl (C=O) groups is 1. The molecule has 2 rings (SSSR count). The summed E-state index contributed by atoms with van der Waals surface area (Å²) in [6.07, 6.45) is -19.4. The number of halogens is 10. The van der Waals surface area contributed by atoms with Crippen molar-refractivity contribution in [3.63, 3.8) is 0 Å². The first-order chi connectivity index (χ1) is 14.6. The van der Waals surface area contributed by atoms with Gasteiger partial charge in [0.25, 0.3) is 0 Å². The Kier molecular flexibility index (Phi) is 6.88. The molecule has 14 heteroatoms. The quantitative estimate of drug-likeness (QED) is 0.389. The van der Waals surface area contributed by atoms with E-state index in [9.17, 15) is 36.2 Å². The van der Waals surface area contributed by atoms with Crippen LogP contribution in [0.25, 0.3) is 0 Å². The highest BCUT2D eigenvalue weighted by Crippen LogP contribution is 2.66. The molecule has 3 unspecified atom stereocenters. The molecule has 33 heavy (non-hydrogen) atoms. The summed E-state index contributed by atoms with van der Waals surface area (Å²) < 4.78 is 151. The van der Waals surface area contributed by atoms with Gasteiger partial charge in [-0.25, -0.2) is 0 Å². The first-order valence-electron chi connectivity index (χ1n) is 10.2. The van der Waals surface area contributed by atoms with Gasteiger partial charge >= 0.3 is 36.0 Å². The van der Waals surface area contributed by atoms with E-state index in [0.717, 1.165) is 13.8 Å². The maximum absolute atomic E-state index is 15.5.